The van der Waals surface area contributed by atoms with Crippen molar-refractivity contribution in [2.45, 2.75) is 13.5 Å². The molecule has 82 valence electrons. The summed E-state index contributed by atoms with van der Waals surface area (Å²) in [6, 6.07) is 9.52. The number of hydroxylamine groups is 1. The van der Waals surface area contributed by atoms with Crippen LogP contribution < -0.4 is 5.48 Å². The number of amides is 1. The van der Waals surface area contributed by atoms with Crippen molar-refractivity contribution < 1.29 is 14.7 Å². The highest BCUT2D eigenvalue weighted by molar-refractivity contribution is 5.77. The molecule has 1 rings (SSSR count). The molecular weight excluding hydrogens is 194 g/mol. The van der Waals surface area contributed by atoms with Crippen LogP contribution in [0.1, 0.15) is 12.5 Å². The molecule has 0 aliphatic rings. The van der Waals surface area contributed by atoms with Gasteiger partial charge in [-0.3, -0.25) is 9.63 Å². The van der Waals surface area contributed by atoms with Gasteiger partial charge in [0.05, 0.1) is 19.1 Å². The summed E-state index contributed by atoms with van der Waals surface area (Å²) in [6.07, 6.45) is 0. The van der Waals surface area contributed by atoms with E-state index < -0.39 is 5.92 Å². The van der Waals surface area contributed by atoms with Gasteiger partial charge >= 0.3 is 0 Å². The van der Waals surface area contributed by atoms with Crippen LogP contribution in [-0.4, -0.2) is 17.6 Å². The summed E-state index contributed by atoms with van der Waals surface area (Å²) in [4.78, 5) is 16.2. The van der Waals surface area contributed by atoms with E-state index in [2.05, 4.69) is 5.48 Å². The van der Waals surface area contributed by atoms with Gasteiger partial charge in [0.15, 0.2) is 0 Å². The molecule has 4 heteroatoms. The maximum atomic E-state index is 11.2. The van der Waals surface area contributed by atoms with Crippen LogP contribution in [-0.2, 0) is 16.2 Å². The highest BCUT2D eigenvalue weighted by atomic mass is 16.6. The van der Waals surface area contributed by atoms with Crippen LogP contribution >= 0.6 is 0 Å². The number of nitrogens with one attached hydrogen (secondary N) is 1. The predicted octanol–water partition coefficient (Wildman–Crippen LogP) is 0.863. The summed E-state index contributed by atoms with van der Waals surface area (Å²) >= 11 is 0. The van der Waals surface area contributed by atoms with E-state index in [1.807, 2.05) is 30.3 Å². The minimum Gasteiger partial charge on any atom is -0.396 e. The maximum absolute atomic E-state index is 11.2. The Morgan fingerprint density at radius 2 is 2.13 bits per heavy atom. The second kappa shape index (κ2) is 6.16. The summed E-state index contributed by atoms with van der Waals surface area (Å²) in [5, 5.41) is 8.71. The second-order valence-corrected chi connectivity index (χ2v) is 3.32. The van der Waals surface area contributed by atoms with Crippen molar-refractivity contribution in [2.24, 2.45) is 5.92 Å². The third kappa shape index (κ3) is 4.10. The first-order valence-electron chi connectivity index (χ1n) is 4.80. The zero-order chi connectivity index (χ0) is 11.1. The van der Waals surface area contributed by atoms with Crippen molar-refractivity contribution in [1.29, 1.82) is 0 Å². The number of hydrogen-bond donors (Lipinski definition) is 2. The fourth-order valence-electron chi connectivity index (χ4n) is 0.948. The maximum Gasteiger partial charge on any atom is 0.248 e. The van der Waals surface area contributed by atoms with Crippen LogP contribution in [0.4, 0.5) is 0 Å². The van der Waals surface area contributed by atoms with E-state index in [-0.39, 0.29) is 12.5 Å². The zero-order valence-electron chi connectivity index (χ0n) is 8.64. The number of rotatable bonds is 5. The lowest BCUT2D eigenvalue weighted by molar-refractivity contribution is -0.139. The number of hydrogen-bond acceptors (Lipinski definition) is 3. The van der Waals surface area contributed by atoms with Crippen LogP contribution in [0.3, 0.4) is 0 Å². The third-order valence-corrected chi connectivity index (χ3v) is 1.98. The highest BCUT2D eigenvalue weighted by Gasteiger charge is 2.10. The van der Waals surface area contributed by atoms with E-state index in [4.69, 9.17) is 9.94 Å². The topological polar surface area (TPSA) is 58.6 Å². The van der Waals surface area contributed by atoms with Crippen molar-refractivity contribution in [3.05, 3.63) is 35.9 Å². The average Bonchev–Trinajstić information content (AvgIpc) is 2.29. The molecule has 1 atom stereocenters. The normalized spacial score (nSPS) is 12.1. The smallest absolute Gasteiger partial charge is 0.248 e. The number of aliphatic hydroxyl groups is 1. The molecule has 2 N–H and O–H groups in total. The summed E-state index contributed by atoms with van der Waals surface area (Å²) in [5.41, 5.74) is 3.26. The standard InChI is InChI=1S/C11H15NO3/c1-9(7-13)11(14)12-15-8-10-5-3-2-4-6-10/h2-6,9,13H,7-8H2,1H3,(H,12,14)/t9-/m0/s1. The van der Waals surface area contributed by atoms with Crippen molar-refractivity contribution in [3.63, 3.8) is 0 Å². The fourth-order valence-corrected chi connectivity index (χ4v) is 0.948. The third-order valence-electron chi connectivity index (χ3n) is 1.98. The van der Waals surface area contributed by atoms with Crippen LogP contribution in [0.15, 0.2) is 30.3 Å². The van der Waals surface area contributed by atoms with E-state index in [1.54, 1.807) is 6.92 Å². The van der Waals surface area contributed by atoms with Gasteiger partial charge in [0.25, 0.3) is 0 Å². The Bertz CT molecular complexity index is 300. The molecule has 0 aliphatic heterocycles. The molecule has 0 saturated carbocycles. The van der Waals surface area contributed by atoms with Gasteiger partial charge in [0.2, 0.25) is 5.91 Å². The van der Waals surface area contributed by atoms with Gasteiger partial charge < -0.3 is 5.11 Å². The summed E-state index contributed by atoms with van der Waals surface area (Å²) in [7, 11) is 0. The summed E-state index contributed by atoms with van der Waals surface area (Å²) < 4.78 is 0. The minimum absolute atomic E-state index is 0.180. The van der Waals surface area contributed by atoms with E-state index >= 15 is 0 Å². The average molecular weight is 209 g/mol. The van der Waals surface area contributed by atoms with Crippen LogP contribution in [0.5, 0.6) is 0 Å². The van der Waals surface area contributed by atoms with E-state index in [0.717, 1.165) is 5.56 Å². The Balaban J connectivity index is 2.25. The Morgan fingerprint density at radius 1 is 1.47 bits per heavy atom. The van der Waals surface area contributed by atoms with Crippen molar-refractivity contribution in [1.82, 2.24) is 5.48 Å². The van der Waals surface area contributed by atoms with Crippen molar-refractivity contribution >= 4 is 5.91 Å². The largest absolute Gasteiger partial charge is 0.396 e. The predicted molar refractivity (Wildman–Crippen MR) is 55.6 cm³/mol. The molecule has 0 bridgehead atoms. The molecule has 0 radical (unpaired) electrons. The molecule has 0 aromatic heterocycles. The first-order chi connectivity index (χ1) is 7.24. The van der Waals surface area contributed by atoms with Crippen LogP contribution in [0, 0.1) is 5.92 Å². The lowest BCUT2D eigenvalue weighted by atomic mass is 10.2. The van der Waals surface area contributed by atoms with Gasteiger partial charge in [-0.05, 0) is 5.56 Å². The molecule has 15 heavy (non-hydrogen) atoms. The monoisotopic (exact) mass is 209 g/mol. The molecule has 0 unspecified atom stereocenters. The first kappa shape index (κ1) is 11.7. The molecule has 0 saturated heterocycles. The van der Waals surface area contributed by atoms with Crippen molar-refractivity contribution in [3.8, 4) is 0 Å². The summed E-state index contributed by atoms with van der Waals surface area (Å²) in [5.74, 6) is -0.755. The molecule has 1 aromatic carbocycles. The summed E-state index contributed by atoms with van der Waals surface area (Å²) in [6.45, 7) is 1.77. The molecule has 0 spiro atoms. The van der Waals surface area contributed by atoms with Crippen molar-refractivity contribution in [2.75, 3.05) is 6.61 Å². The second-order valence-electron chi connectivity index (χ2n) is 3.32. The zero-order valence-corrected chi connectivity index (χ0v) is 8.64. The highest BCUT2D eigenvalue weighted by Crippen LogP contribution is 1.99. The Morgan fingerprint density at radius 3 is 2.73 bits per heavy atom. The van der Waals surface area contributed by atoms with Gasteiger partial charge in [-0.25, -0.2) is 5.48 Å². The Labute approximate surface area is 88.8 Å². The van der Waals surface area contributed by atoms with Gasteiger partial charge in [-0.2, -0.15) is 0 Å². The Hall–Kier alpha value is -1.39. The van der Waals surface area contributed by atoms with Gasteiger partial charge in [-0.1, -0.05) is 37.3 Å². The quantitative estimate of drug-likeness (QED) is 0.707. The molecule has 0 aliphatic carbocycles. The minimum atomic E-state index is -0.444. The molecule has 0 fully saturated rings. The molecule has 4 nitrogen and oxygen atoms in total. The Kier molecular flexibility index (Phi) is 4.80. The molecule has 1 amide bonds. The van der Waals surface area contributed by atoms with Gasteiger partial charge in [0, 0.05) is 0 Å². The van der Waals surface area contributed by atoms with Gasteiger partial charge in [-0.15, -0.1) is 0 Å². The molecule has 1 aromatic rings. The van der Waals surface area contributed by atoms with E-state index in [0.29, 0.717) is 6.61 Å². The molecular formula is C11H15NO3. The first-order valence-corrected chi connectivity index (χ1v) is 4.80. The number of carbonyl (C=O) groups is 1. The number of aliphatic hydroxyl groups excluding tert-OH is 1. The van der Waals surface area contributed by atoms with Crippen LogP contribution in [0.2, 0.25) is 0 Å². The SMILES string of the molecule is C[C@@H](CO)C(=O)NOCc1ccccc1. The van der Waals surface area contributed by atoms with Crippen LogP contribution in [0.25, 0.3) is 0 Å². The molecule has 0 heterocycles. The number of benzene rings is 1. The lowest BCUT2D eigenvalue weighted by Crippen LogP contribution is -2.30. The fraction of sp³-hybridized carbons (Fsp3) is 0.364. The van der Waals surface area contributed by atoms with Gasteiger partial charge in [0.1, 0.15) is 0 Å². The van der Waals surface area contributed by atoms with E-state index in [9.17, 15) is 4.79 Å². The van der Waals surface area contributed by atoms with E-state index in [1.165, 1.54) is 0 Å². The lowest BCUT2D eigenvalue weighted by Gasteiger charge is -2.09. The number of carbonyl (C=O) groups excluding carboxylic acids is 1.